The summed E-state index contributed by atoms with van der Waals surface area (Å²) < 4.78 is 0. The molecule has 21 heavy (non-hydrogen) atoms. The standard InChI is InChI=1S/C12H15N3O6/c1-12(19,10(16)17)7-14-11(18)13-6-8-2-4-9(5-3-8)15(20)21/h2-5,19H,6-7H2,1H3,(H,16,17)(H2,13,14,18). The number of carboxylic acid groups (broad SMARTS) is 1. The van der Waals surface area contributed by atoms with Crippen molar-refractivity contribution in [1.29, 1.82) is 0 Å². The maximum absolute atomic E-state index is 11.4. The lowest BCUT2D eigenvalue weighted by Gasteiger charge is -2.18. The van der Waals surface area contributed by atoms with Gasteiger partial charge in [0.05, 0.1) is 11.5 Å². The predicted octanol–water partition coefficient (Wildman–Crippen LogP) is 0.230. The third kappa shape index (κ3) is 5.07. The van der Waals surface area contributed by atoms with E-state index in [1.165, 1.54) is 24.3 Å². The molecular formula is C12H15N3O6. The Morgan fingerprint density at radius 2 is 1.86 bits per heavy atom. The zero-order valence-electron chi connectivity index (χ0n) is 11.2. The minimum absolute atomic E-state index is 0.0549. The van der Waals surface area contributed by atoms with Crippen molar-refractivity contribution >= 4 is 17.7 Å². The molecule has 9 nitrogen and oxygen atoms in total. The van der Waals surface area contributed by atoms with Crippen LogP contribution in [0.1, 0.15) is 12.5 Å². The number of aliphatic hydroxyl groups is 1. The molecule has 1 aromatic rings. The van der Waals surface area contributed by atoms with Crippen LogP contribution in [-0.2, 0) is 11.3 Å². The first kappa shape index (κ1) is 16.4. The van der Waals surface area contributed by atoms with E-state index in [0.717, 1.165) is 6.92 Å². The second kappa shape index (κ2) is 6.66. The van der Waals surface area contributed by atoms with Gasteiger partial charge in [-0.25, -0.2) is 9.59 Å². The molecule has 0 heterocycles. The number of hydrogen-bond donors (Lipinski definition) is 4. The molecule has 0 aliphatic carbocycles. The fourth-order valence-electron chi connectivity index (χ4n) is 1.31. The molecule has 0 aromatic heterocycles. The number of carbonyl (C=O) groups excluding carboxylic acids is 1. The van der Waals surface area contributed by atoms with Crippen molar-refractivity contribution in [2.75, 3.05) is 6.54 Å². The van der Waals surface area contributed by atoms with E-state index in [0.29, 0.717) is 5.56 Å². The van der Waals surface area contributed by atoms with Crippen molar-refractivity contribution in [1.82, 2.24) is 10.6 Å². The lowest BCUT2D eigenvalue weighted by molar-refractivity contribution is -0.384. The van der Waals surface area contributed by atoms with Gasteiger partial charge < -0.3 is 20.8 Å². The molecule has 0 spiro atoms. The first-order valence-corrected chi connectivity index (χ1v) is 5.93. The molecule has 4 N–H and O–H groups in total. The van der Waals surface area contributed by atoms with E-state index in [9.17, 15) is 24.8 Å². The van der Waals surface area contributed by atoms with Gasteiger partial charge in [0.25, 0.3) is 5.69 Å². The maximum atomic E-state index is 11.4. The number of amides is 2. The number of nitrogens with zero attached hydrogens (tertiary/aromatic N) is 1. The normalized spacial score (nSPS) is 13.0. The lowest BCUT2D eigenvalue weighted by atomic mass is 10.1. The Labute approximate surface area is 119 Å². The van der Waals surface area contributed by atoms with Gasteiger partial charge in [-0.3, -0.25) is 10.1 Å². The monoisotopic (exact) mass is 297 g/mol. The summed E-state index contributed by atoms with van der Waals surface area (Å²) in [5.41, 5.74) is -1.47. The van der Waals surface area contributed by atoms with Crippen LogP contribution >= 0.6 is 0 Å². The van der Waals surface area contributed by atoms with Crippen LogP contribution in [0.5, 0.6) is 0 Å². The average Bonchev–Trinajstić information content (AvgIpc) is 2.43. The van der Waals surface area contributed by atoms with Crippen molar-refractivity contribution in [3.8, 4) is 0 Å². The van der Waals surface area contributed by atoms with Crippen molar-refractivity contribution in [2.24, 2.45) is 0 Å². The van der Waals surface area contributed by atoms with E-state index < -0.39 is 29.1 Å². The van der Waals surface area contributed by atoms with E-state index >= 15 is 0 Å². The highest BCUT2D eigenvalue weighted by atomic mass is 16.6. The van der Waals surface area contributed by atoms with Crippen LogP contribution in [-0.4, -0.2) is 39.3 Å². The zero-order chi connectivity index (χ0) is 16.0. The highest BCUT2D eigenvalue weighted by Crippen LogP contribution is 2.11. The van der Waals surface area contributed by atoms with Crippen LogP contribution < -0.4 is 10.6 Å². The maximum Gasteiger partial charge on any atom is 0.337 e. The van der Waals surface area contributed by atoms with Gasteiger partial charge in [-0.05, 0) is 12.5 Å². The largest absolute Gasteiger partial charge is 0.479 e. The molecule has 114 valence electrons. The van der Waals surface area contributed by atoms with E-state index in [1.807, 2.05) is 0 Å². The van der Waals surface area contributed by atoms with Crippen molar-refractivity contribution < 1.29 is 24.7 Å². The van der Waals surface area contributed by atoms with E-state index in [-0.39, 0.29) is 12.2 Å². The molecule has 0 saturated carbocycles. The second-order valence-corrected chi connectivity index (χ2v) is 4.54. The number of non-ortho nitro benzene ring substituents is 1. The first-order valence-electron chi connectivity index (χ1n) is 5.93. The number of carboxylic acids is 1. The van der Waals surface area contributed by atoms with Gasteiger partial charge in [0.1, 0.15) is 0 Å². The second-order valence-electron chi connectivity index (χ2n) is 4.54. The van der Waals surface area contributed by atoms with Gasteiger partial charge in [-0.2, -0.15) is 0 Å². The van der Waals surface area contributed by atoms with Gasteiger partial charge >= 0.3 is 12.0 Å². The van der Waals surface area contributed by atoms with Gasteiger partial charge in [-0.1, -0.05) is 12.1 Å². The van der Waals surface area contributed by atoms with E-state index in [2.05, 4.69) is 10.6 Å². The number of rotatable bonds is 6. The van der Waals surface area contributed by atoms with Gasteiger partial charge in [0.15, 0.2) is 5.60 Å². The summed E-state index contributed by atoms with van der Waals surface area (Å²) in [7, 11) is 0. The summed E-state index contributed by atoms with van der Waals surface area (Å²) in [6.45, 7) is 0.722. The topological polar surface area (TPSA) is 142 Å². The number of nitrogens with one attached hydrogen (secondary N) is 2. The minimum Gasteiger partial charge on any atom is -0.479 e. The fourth-order valence-corrected chi connectivity index (χ4v) is 1.31. The summed E-state index contributed by atoms with van der Waals surface area (Å²) in [4.78, 5) is 32.0. The van der Waals surface area contributed by atoms with Crippen LogP contribution in [0.15, 0.2) is 24.3 Å². The SMILES string of the molecule is CC(O)(CNC(=O)NCc1ccc([N+](=O)[O-])cc1)C(=O)O. The summed E-state index contributed by atoms with van der Waals surface area (Å²) in [6.07, 6.45) is 0. The number of nitro benzene ring substituents is 1. The van der Waals surface area contributed by atoms with Crippen molar-refractivity contribution in [3.63, 3.8) is 0 Å². The van der Waals surface area contributed by atoms with E-state index in [4.69, 9.17) is 5.11 Å². The molecule has 9 heteroatoms. The minimum atomic E-state index is -2.05. The molecule has 1 atom stereocenters. The van der Waals surface area contributed by atoms with Gasteiger partial charge in [-0.15, -0.1) is 0 Å². The van der Waals surface area contributed by atoms with Crippen LogP contribution in [0, 0.1) is 10.1 Å². The number of hydrogen-bond acceptors (Lipinski definition) is 5. The Hall–Kier alpha value is -2.68. The van der Waals surface area contributed by atoms with Crippen LogP contribution in [0.2, 0.25) is 0 Å². The molecule has 0 saturated heterocycles. The predicted molar refractivity (Wildman–Crippen MR) is 71.6 cm³/mol. The van der Waals surface area contributed by atoms with Crippen molar-refractivity contribution in [2.45, 2.75) is 19.1 Å². The third-order valence-electron chi connectivity index (χ3n) is 2.65. The molecule has 0 bridgehead atoms. The van der Waals surface area contributed by atoms with Gasteiger partial charge in [0, 0.05) is 18.7 Å². The molecule has 2 amide bonds. The molecule has 0 radical (unpaired) electrons. The highest BCUT2D eigenvalue weighted by Gasteiger charge is 2.30. The average molecular weight is 297 g/mol. The Morgan fingerprint density at radius 1 is 1.29 bits per heavy atom. The number of carbonyl (C=O) groups is 2. The molecule has 1 aromatic carbocycles. The molecular weight excluding hydrogens is 282 g/mol. The summed E-state index contributed by atoms with van der Waals surface area (Å²) in [5, 5.41) is 33.2. The Morgan fingerprint density at radius 3 is 2.33 bits per heavy atom. The Balaban J connectivity index is 2.43. The molecule has 0 fully saturated rings. The fraction of sp³-hybridized carbons (Fsp3) is 0.333. The summed E-state index contributed by atoms with van der Waals surface area (Å²) >= 11 is 0. The Kier molecular flexibility index (Phi) is 5.19. The molecule has 0 aliphatic rings. The highest BCUT2D eigenvalue weighted by molar-refractivity contribution is 5.79. The number of benzene rings is 1. The molecule has 1 unspecified atom stereocenters. The number of aliphatic carboxylic acids is 1. The van der Waals surface area contributed by atoms with Crippen molar-refractivity contribution in [3.05, 3.63) is 39.9 Å². The number of urea groups is 1. The van der Waals surface area contributed by atoms with Gasteiger partial charge in [0.2, 0.25) is 0 Å². The Bertz CT molecular complexity index is 540. The first-order chi connectivity index (χ1) is 9.72. The summed E-state index contributed by atoms with van der Waals surface area (Å²) in [6, 6.07) is 4.95. The molecule has 0 aliphatic heterocycles. The summed E-state index contributed by atoms with van der Waals surface area (Å²) in [5.74, 6) is -1.45. The zero-order valence-corrected chi connectivity index (χ0v) is 11.2. The van der Waals surface area contributed by atoms with Crippen LogP contribution in [0.25, 0.3) is 0 Å². The van der Waals surface area contributed by atoms with Crippen LogP contribution in [0.4, 0.5) is 10.5 Å². The smallest absolute Gasteiger partial charge is 0.337 e. The van der Waals surface area contributed by atoms with E-state index in [1.54, 1.807) is 0 Å². The number of nitro groups is 1. The lowest BCUT2D eigenvalue weighted by Crippen LogP contribution is -2.48. The quantitative estimate of drug-likeness (QED) is 0.437. The molecule has 1 rings (SSSR count). The van der Waals surface area contributed by atoms with Crippen LogP contribution in [0.3, 0.4) is 0 Å². The third-order valence-corrected chi connectivity index (χ3v) is 2.65.